The first-order chi connectivity index (χ1) is 13.3. The van der Waals surface area contributed by atoms with Gasteiger partial charge in [0.1, 0.15) is 0 Å². The molecular formula is C26H32O. The summed E-state index contributed by atoms with van der Waals surface area (Å²) < 4.78 is 5.71. The van der Waals surface area contributed by atoms with Crippen LogP contribution in [0.15, 0.2) is 73.8 Å². The number of unbranched alkanes of at least 4 members (excludes halogenated alkanes) is 1. The first-order valence-corrected chi connectivity index (χ1v) is 10.3. The van der Waals surface area contributed by atoms with Crippen LogP contribution in [-0.2, 0) is 11.3 Å². The van der Waals surface area contributed by atoms with Gasteiger partial charge in [0.25, 0.3) is 0 Å². The highest BCUT2D eigenvalue weighted by Gasteiger charge is 2.20. The highest BCUT2D eigenvalue weighted by molar-refractivity contribution is 5.64. The van der Waals surface area contributed by atoms with Gasteiger partial charge >= 0.3 is 0 Å². The van der Waals surface area contributed by atoms with Crippen molar-refractivity contribution in [2.75, 3.05) is 6.61 Å². The minimum Gasteiger partial charge on any atom is -0.377 e. The molecular weight excluding hydrogens is 328 g/mol. The quantitative estimate of drug-likeness (QED) is 0.337. The molecule has 0 N–H and O–H groups in total. The van der Waals surface area contributed by atoms with Gasteiger partial charge in [-0.05, 0) is 72.6 Å². The van der Waals surface area contributed by atoms with Crippen molar-refractivity contribution in [3.8, 4) is 11.1 Å². The predicted molar refractivity (Wildman–Crippen MR) is 116 cm³/mol. The monoisotopic (exact) mass is 360 g/mol. The van der Waals surface area contributed by atoms with Crippen molar-refractivity contribution in [2.45, 2.75) is 51.0 Å². The van der Waals surface area contributed by atoms with Crippen LogP contribution in [0.5, 0.6) is 0 Å². The average molecular weight is 361 g/mol. The Bertz CT molecular complexity index is 703. The van der Waals surface area contributed by atoms with Crippen molar-refractivity contribution >= 4 is 0 Å². The molecule has 0 amide bonds. The van der Waals surface area contributed by atoms with Crippen molar-refractivity contribution in [1.82, 2.24) is 0 Å². The molecule has 2 aromatic rings. The van der Waals surface area contributed by atoms with E-state index in [1.165, 1.54) is 47.9 Å². The second-order valence-corrected chi connectivity index (χ2v) is 7.65. The van der Waals surface area contributed by atoms with Crippen molar-refractivity contribution < 1.29 is 4.74 Å². The molecule has 0 unspecified atom stereocenters. The van der Waals surface area contributed by atoms with Crippen LogP contribution in [0.25, 0.3) is 11.1 Å². The van der Waals surface area contributed by atoms with Gasteiger partial charge in [-0.2, -0.15) is 0 Å². The van der Waals surface area contributed by atoms with E-state index in [1.54, 1.807) is 0 Å². The first-order valence-electron chi connectivity index (χ1n) is 10.3. The molecule has 1 aliphatic rings. The fraction of sp³-hybridized carbons (Fsp3) is 0.385. The lowest BCUT2D eigenvalue weighted by Gasteiger charge is -2.27. The van der Waals surface area contributed by atoms with Gasteiger partial charge in [-0.25, -0.2) is 0 Å². The van der Waals surface area contributed by atoms with Gasteiger partial charge in [0.15, 0.2) is 0 Å². The van der Waals surface area contributed by atoms with E-state index < -0.39 is 0 Å². The Morgan fingerprint density at radius 2 is 1.48 bits per heavy atom. The van der Waals surface area contributed by atoms with E-state index in [9.17, 15) is 0 Å². The van der Waals surface area contributed by atoms with E-state index >= 15 is 0 Å². The van der Waals surface area contributed by atoms with E-state index in [2.05, 4.69) is 67.8 Å². The van der Waals surface area contributed by atoms with Crippen LogP contribution >= 0.6 is 0 Å². The third kappa shape index (κ3) is 5.68. The maximum Gasteiger partial charge on any atom is 0.0716 e. The molecule has 142 valence electrons. The summed E-state index contributed by atoms with van der Waals surface area (Å²) in [5, 5.41) is 0. The highest BCUT2D eigenvalue weighted by Crippen LogP contribution is 2.36. The summed E-state index contributed by atoms with van der Waals surface area (Å²) in [6.45, 7) is 9.16. The zero-order chi connectivity index (χ0) is 18.9. The number of hydrogen-bond acceptors (Lipinski definition) is 1. The lowest BCUT2D eigenvalue weighted by molar-refractivity contribution is 0.119. The molecule has 27 heavy (non-hydrogen) atoms. The molecule has 1 nitrogen and oxygen atoms in total. The van der Waals surface area contributed by atoms with E-state index in [1.807, 2.05) is 6.08 Å². The number of allylic oxidation sites excluding steroid dienone is 2. The molecule has 1 heteroatoms. The number of ether oxygens (including phenoxy) is 1. The van der Waals surface area contributed by atoms with Crippen molar-refractivity contribution in [2.24, 2.45) is 5.92 Å². The summed E-state index contributed by atoms with van der Waals surface area (Å²) in [6.07, 6.45) is 11.3. The fourth-order valence-electron chi connectivity index (χ4n) is 3.95. The van der Waals surface area contributed by atoms with Crippen LogP contribution in [0.3, 0.4) is 0 Å². The molecule has 0 atom stereocenters. The van der Waals surface area contributed by atoms with E-state index in [0.29, 0.717) is 6.61 Å². The number of benzene rings is 2. The zero-order valence-electron chi connectivity index (χ0n) is 16.4. The average Bonchev–Trinajstić information content (AvgIpc) is 2.74. The minimum absolute atomic E-state index is 0.684. The summed E-state index contributed by atoms with van der Waals surface area (Å²) >= 11 is 0. The Hall–Kier alpha value is -2.12. The summed E-state index contributed by atoms with van der Waals surface area (Å²) in [7, 11) is 0. The third-order valence-corrected chi connectivity index (χ3v) is 5.74. The molecule has 1 fully saturated rings. The van der Waals surface area contributed by atoms with Crippen LogP contribution in [0.1, 0.15) is 55.6 Å². The first kappa shape index (κ1) is 19.6. The van der Waals surface area contributed by atoms with Gasteiger partial charge in [0.05, 0.1) is 6.61 Å². The van der Waals surface area contributed by atoms with Gasteiger partial charge in [-0.15, -0.1) is 13.2 Å². The van der Waals surface area contributed by atoms with Crippen LogP contribution in [0.4, 0.5) is 0 Å². The third-order valence-electron chi connectivity index (χ3n) is 5.74. The Kier molecular flexibility index (Phi) is 7.47. The predicted octanol–water partition coefficient (Wildman–Crippen LogP) is 7.30. The summed E-state index contributed by atoms with van der Waals surface area (Å²) in [5.74, 6) is 1.45. The molecule has 0 spiro atoms. The molecule has 0 aliphatic heterocycles. The second-order valence-electron chi connectivity index (χ2n) is 7.65. The van der Waals surface area contributed by atoms with Crippen LogP contribution in [-0.4, -0.2) is 6.61 Å². The van der Waals surface area contributed by atoms with Gasteiger partial charge < -0.3 is 4.74 Å². The normalized spacial score (nSPS) is 19.6. The summed E-state index contributed by atoms with van der Waals surface area (Å²) in [5.41, 5.74) is 5.28. The van der Waals surface area contributed by atoms with Crippen LogP contribution in [0.2, 0.25) is 0 Å². The molecule has 0 radical (unpaired) electrons. The Morgan fingerprint density at radius 3 is 2.07 bits per heavy atom. The van der Waals surface area contributed by atoms with Crippen molar-refractivity contribution in [3.63, 3.8) is 0 Å². The molecule has 0 aromatic heterocycles. The zero-order valence-corrected chi connectivity index (χ0v) is 16.4. The molecule has 1 saturated carbocycles. The summed E-state index contributed by atoms with van der Waals surface area (Å²) in [4.78, 5) is 0. The highest BCUT2D eigenvalue weighted by atomic mass is 16.5. The molecule has 0 heterocycles. The Balaban J connectivity index is 1.54. The van der Waals surface area contributed by atoms with Crippen LogP contribution in [0, 0.1) is 5.92 Å². The second kappa shape index (κ2) is 10.3. The maximum absolute atomic E-state index is 5.71. The lowest BCUT2D eigenvalue weighted by Crippen LogP contribution is -2.11. The smallest absolute Gasteiger partial charge is 0.0716 e. The molecule has 0 bridgehead atoms. The van der Waals surface area contributed by atoms with E-state index in [0.717, 1.165) is 31.3 Å². The standard InChI is InChI=1S/C26H32O/c1-3-5-6-19-27-20-22-9-13-24(14-10-22)26-17-15-25(16-18-26)23-11-7-21(4-2)8-12-23/h3-4,9-10,13-18,21,23H,1-2,5-8,11-12,19-20H2/t21-,23-. The maximum atomic E-state index is 5.71. The van der Waals surface area contributed by atoms with E-state index in [4.69, 9.17) is 4.74 Å². The molecule has 3 rings (SSSR count). The Labute approximate surface area is 164 Å². The summed E-state index contributed by atoms with van der Waals surface area (Å²) in [6, 6.07) is 17.9. The molecule has 1 aliphatic carbocycles. The lowest BCUT2D eigenvalue weighted by atomic mass is 9.78. The fourth-order valence-corrected chi connectivity index (χ4v) is 3.95. The van der Waals surface area contributed by atoms with Gasteiger partial charge in [0.2, 0.25) is 0 Å². The van der Waals surface area contributed by atoms with Gasteiger partial charge in [-0.1, -0.05) is 60.7 Å². The largest absolute Gasteiger partial charge is 0.377 e. The topological polar surface area (TPSA) is 9.23 Å². The van der Waals surface area contributed by atoms with E-state index in [-0.39, 0.29) is 0 Å². The Morgan fingerprint density at radius 1 is 0.852 bits per heavy atom. The van der Waals surface area contributed by atoms with Gasteiger partial charge in [-0.3, -0.25) is 0 Å². The number of hydrogen-bond donors (Lipinski definition) is 0. The molecule has 0 saturated heterocycles. The van der Waals surface area contributed by atoms with Crippen LogP contribution < -0.4 is 0 Å². The SMILES string of the molecule is C=CCCCOCc1ccc(-c2ccc([C@H]3CC[C@H](C=C)CC3)cc2)cc1. The van der Waals surface area contributed by atoms with Crippen molar-refractivity contribution in [3.05, 3.63) is 85.0 Å². The number of rotatable bonds is 9. The minimum atomic E-state index is 0.684. The molecule has 2 aromatic carbocycles. The van der Waals surface area contributed by atoms with Gasteiger partial charge in [0, 0.05) is 6.61 Å². The van der Waals surface area contributed by atoms with Crippen molar-refractivity contribution in [1.29, 1.82) is 0 Å².